The standard InChI is InChI=1S/C18H24O3/c1-13-7-9-17(11-14(13)2)21-12-16-6-4-3-5-15(16)8-10-18(19)20/h3-6,8,10,13-14,17H,7,9,11-12H2,1-2H3,(H,19,20). The molecule has 3 heteroatoms. The van der Waals surface area contributed by atoms with Gasteiger partial charge in [0.25, 0.3) is 0 Å². The van der Waals surface area contributed by atoms with Crippen LogP contribution in [0.5, 0.6) is 0 Å². The molecule has 2 rings (SSSR count). The Morgan fingerprint density at radius 3 is 2.76 bits per heavy atom. The van der Waals surface area contributed by atoms with Gasteiger partial charge < -0.3 is 9.84 Å². The van der Waals surface area contributed by atoms with Crippen LogP contribution in [0.1, 0.15) is 44.2 Å². The minimum absolute atomic E-state index is 0.327. The Bertz CT molecular complexity index is 507. The van der Waals surface area contributed by atoms with E-state index < -0.39 is 5.97 Å². The van der Waals surface area contributed by atoms with Gasteiger partial charge in [-0.1, -0.05) is 38.1 Å². The molecule has 1 aromatic carbocycles. The van der Waals surface area contributed by atoms with Gasteiger partial charge in [-0.2, -0.15) is 0 Å². The molecule has 0 amide bonds. The summed E-state index contributed by atoms with van der Waals surface area (Å²) >= 11 is 0. The number of hydrogen-bond acceptors (Lipinski definition) is 2. The number of benzene rings is 1. The summed E-state index contributed by atoms with van der Waals surface area (Å²) in [4.78, 5) is 10.6. The lowest BCUT2D eigenvalue weighted by Crippen LogP contribution is -2.26. The monoisotopic (exact) mass is 288 g/mol. The van der Waals surface area contributed by atoms with Crippen molar-refractivity contribution in [2.45, 2.75) is 45.8 Å². The van der Waals surface area contributed by atoms with Crippen molar-refractivity contribution in [2.75, 3.05) is 0 Å². The Labute approximate surface area is 126 Å². The average molecular weight is 288 g/mol. The number of carboxylic acid groups (broad SMARTS) is 1. The first-order valence-corrected chi connectivity index (χ1v) is 7.66. The Balaban J connectivity index is 1.95. The number of hydrogen-bond donors (Lipinski definition) is 1. The molecule has 3 unspecified atom stereocenters. The molecule has 1 N–H and O–H groups in total. The largest absolute Gasteiger partial charge is 0.478 e. The van der Waals surface area contributed by atoms with Gasteiger partial charge in [0, 0.05) is 6.08 Å². The molecule has 114 valence electrons. The van der Waals surface area contributed by atoms with Gasteiger partial charge in [0.2, 0.25) is 0 Å². The first kappa shape index (κ1) is 15.8. The number of ether oxygens (including phenoxy) is 1. The molecular formula is C18H24O3. The third kappa shape index (κ3) is 4.71. The molecule has 0 aromatic heterocycles. The van der Waals surface area contributed by atoms with Crippen LogP contribution in [0.2, 0.25) is 0 Å². The number of carbonyl (C=O) groups is 1. The van der Waals surface area contributed by atoms with Crippen molar-refractivity contribution in [3.63, 3.8) is 0 Å². The summed E-state index contributed by atoms with van der Waals surface area (Å²) in [6.07, 6.45) is 6.60. The predicted octanol–water partition coefficient (Wildman–Crippen LogP) is 4.13. The molecule has 1 fully saturated rings. The highest BCUT2D eigenvalue weighted by molar-refractivity contribution is 5.85. The van der Waals surface area contributed by atoms with Crippen molar-refractivity contribution in [1.29, 1.82) is 0 Å². The summed E-state index contributed by atoms with van der Waals surface area (Å²) in [7, 11) is 0. The fourth-order valence-corrected chi connectivity index (χ4v) is 2.85. The maximum Gasteiger partial charge on any atom is 0.328 e. The van der Waals surface area contributed by atoms with Crippen molar-refractivity contribution in [2.24, 2.45) is 11.8 Å². The van der Waals surface area contributed by atoms with Crippen LogP contribution in [-0.2, 0) is 16.1 Å². The lowest BCUT2D eigenvalue weighted by atomic mass is 9.80. The van der Waals surface area contributed by atoms with E-state index >= 15 is 0 Å². The smallest absolute Gasteiger partial charge is 0.328 e. The van der Waals surface area contributed by atoms with E-state index in [9.17, 15) is 4.79 Å². The van der Waals surface area contributed by atoms with E-state index in [0.717, 1.165) is 29.9 Å². The molecule has 3 nitrogen and oxygen atoms in total. The predicted molar refractivity (Wildman–Crippen MR) is 83.9 cm³/mol. The third-order valence-corrected chi connectivity index (χ3v) is 4.49. The van der Waals surface area contributed by atoms with Crippen molar-refractivity contribution < 1.29 is 14.6 Å². The lowest BCUT2D eigenvalue weighted by molar-refractivity contribution is -0.131. The van der Waals surface area contributed by atoms with Crippen LogP contribution >= 0.6 is 0 Å². The Morgan fingerprint density at radius 2 is 2.05 bits per heavy atom. The Kier molecular flexibility index (Phi) is 5.57. The van der Waals surface area contributed by atoms with Crippen LogP contribution in [0.3, 0.4) is 0 Å². The second-order valence-corrected chi connectivity index (χ2v) is 6.07. The normalized spacial score (nSPS) is 26.1. The SMILES string of the molecule is CC1CCC(OCc2ccccc2C=CC(=O)O)CC1C. The number of carboxylic acids is 1. The Morgan fingerprint density at radius 1 is 1.29 bits per heavy atom. The zero-order valence-electron chi connectivity index (χ0n) is 12.8. The summed E-state index contributed by atoms with van der Waals surface area (Å²) in [5.41, 5.74) is 1.96. The first-order chi connectivity index (χ1) is 10.1. The van der Waals surface area contributed by atoms with E-state index in [1.54, 1.807) is 6.08 Å². The highest BCUT2D eigenvalue weighted by Gasteiger charge is 2.24. The molecule has 0 bridgehead atoms. The zero-order valence-corrected chi connectivity index (χ0v) is 12.8. The fourth-order valence-electron chi connectivity index (χ4n) is 2.85. The molecule has 21 heavy (non-hydrogen) atoms. The van der Waals surface area contributed by atoms with Crippen molar-refractivity contribution in [3.8, 4) is 0 Å². The topological polar surface area (TPSA) is 46.5 Å². The van der Waals surface area contributed by atoms with Gasteiger partial charge in [0.1, 0.15) is 0 Å². The second-order valence-electron chi connectivity index (χ2n) is 6.07. The minimum Gasteiger partial charge on any atom is -0.478 e. The molecule has 1 saturated carbocycles. The maximum absolute atomic E-state index is 10.6. The van der Waals surface area contributed by atoms with Crippen LogP contribution in [-0.4, -0.2) is 17.2 Å². The van der Waals surface area contributed by atoms with Crippen LogP contribution in [0.25, 0.3) is 6.08 Å². The van der Waals surface area contributed by atoms with Crippen LogP contribution in [0.15, 0.2) is 30.3 Å². The minimum atomic E-state index is -0.930. The van der Waals surface area contributed by atoms with Gasteiger partial charge in [-0.25, -0.2) is 4.79 Å². The highest BCUT2D eigenvalue weighted by atomic mass is 16.5. The molecular weight excluding hydrogens is 264 g/mol. The van der Waals surface area contributed by atoms with Gasteiger partial charge >= 0.3 is 5.97 Å². The molecule has 0 saturated heterocycles. The van der Waals surface area contributed by atoms with Gasteiger partial charge in [-0.05, 0) is 48.3 Å². The van der Waals surface area contributed by atoms with Gasteiger partial charge in [0.15, 0.2) is 0 Å². The molecule has 1 aromatic rings. The third-order valence-electron chi connectivity index (χ3n) is 4.49. The number of rotatable bonds is 5. The molecule has 0 radical (unpaired) electrons. The Hall–Kier alpha value is -1.61. The van der Waals surface area contributed by atoms with Crippen molar-refractivity contribution >= 4 is 12.0 Å². The maximum atomic E-state index is 10.6. The first-order valence-electron chi connectivity index (χ1n) is 7.66. The summed E-state index contributed by atoms with van der Waals surface area (Å²) in [6, 6.07) is 7.79. The van der Waals surface area contributed by atoms with Crippen LogP contribution in [0, 0.1) is 11.8 Å². The van der Waals surface area contributed by atoms with E-state index in [4.69, 9.17) is 9.84 Å². The fraction of sp³-hybridized carbons (Fsp3) is 0.500. The van der Waals surface area contributed by atoms with Gasteiger partial charge in [-0.3, -0.25) is 0 Å². The van der Waals surface area contributed by atoms with E-state index in [-0.39, 0.29) is 0 Å². The molecule has 1 aliphatic carbocycles. The summed E-state index contributed by atoms with van der Waals surface area (Å²) in [6.45, 7) is 5.16. The van der Waals surface area contributed by atoms with E-state index in [1.165, 1.54) is 12.5 Å². The average Bonchev–Trinajstić information content (AvgIpc) is 2.47. The lowest BCUT2D eigenvalue weighted by Gasteiger charge is -2.32. The molecule has 1 aliphatic rings. The van der Waals surface area contributed by atoms with E-state index in [1.807, 2.05) is 24.3 Å². The van der Waals surface area contributed by atoms with Crippen LogP contribution < -0.4 is 0 Å². The summed E-state index contributed by atoms with van der Waals surface area (Å²) in [5.74, 6) is 0.572. The quantitative estimate of drug-likeness (QED) is 0.829. The van der Waals surface area contributed by atoms with E-state index in [0.29, 0.717) is 18.6 Å². The molecule has 3 atom stereocenters. The summed E-state index contributed by atoms with van der Waals surface area (Å²) < 4.78 is 6.05. The van der Waals surface area contributed by atoms with E-state index in [2.05, 4.69) is 13.8 Å². The molecule has 0 heterocycles. The van der Waals surface area contributed by atoms with Gasteiger partial charge in [0.05, 0.1) is 12.7 Å². The van der Waals surface area contributed by atoms with Crippen molar-refractivity contribution in [3.05, 3.63) is 41.5 Å². The second kappa shape index (κ2) is 7.41. The zero-order chi connectivity index (χ0) is 15.2. The van der Waals surface area contributed by atoms with Crippen LogP contribution in [0.4, 0.5) is 0 Å². The molecule has 0 aliphatic heterocycles. The molecule has 0 spiro atoms. The highest BCUT2D eigenvalue weighted by Crippen LogP contribution is 2.31. The summed E-state index contributed by atoms with van der Waals surface area (Å²) in [5, 5.41) is 8.74. The van der Waals surface area contributed by atoms with Crippen molar-refractivity contribution in [1.82, 2.24) is 0 Å². The van der Waals surface area contributed by atoms with Gasteiger partial charge in [-0.15, -0.1) is 0 Å². The number of aliphatic carboxylic acids is 1.